The van der Waals surface area contributed by atoms with Gasteiger partial charge in [-0.15, -0.1) is 0 Å². The molecule has 198 valence electrons. The van der Waals surface area contributed by atoms with Crippen molar-refractivity contribution in [1.29, 1.82) is 0 Å². The quantitative estimate of drug-likeness (QED) is 0.197. The molecule has 0 N–H and O–H groups in total. The van der Waals surface area contributed by atoms with Gasteiger partial charge >= 0.3 is 0 Å². The van der Waals surface area contributed by atoms with E-state index in [9.17, 15) is 0 Å². The third-order valence-electron chi connectivity index (χ3n) is 8.84. The van der Waals surface area contributed by atoms with E-state index in [1.807, 2.05) is 0 Å². The maximum absolute atomic E-state index is 2.34. The van der Waals surface area contributed by atoms with E-state index in [1.165, 1.54) is 71.3 Å². The molecule has 0 aromatic heterocycles. The summed E-state index contributed by atoms with van der Waals surface area (Å²) in [5.74, 6) is 0.329. The molecule has 7 aromatic carbocycles. The normalized spacial score (nSPS) is 14.9. The fraction of sp³-hybridized carbons (Fsp3) is 0.0476. The van der Waals surface area contributed by atoms with Gasteiger partial charge in [0.2, 0.25) is 0 Å². The molecule has 0 amide bonds. The standard InChI is InChI=1S/C42H30/c1-2-13-31(14-3-1)35-16-6-7-17-36(35)42-39-20-10-8-18-37(39)41(38-19-9-11-21-40(38)42)32-25-22-30(23-26-32)34-27-24-29-12-4-5-15-33(29)28-34/h1-15,17-28,35H,16H2. The molecule has 0 spiro atoms. The summed E-state index contributed by atoms with van der Waals surface area (Å²) < 4.78 is 0. The van der Waals surface area contributed by atoms with Crippen LogP contribution in [-0.2, 0) is 0 Å². The molecule has 0 nitrogen and oxygen atoms in total. The van der Waals surface area contributed by atoms with E-state index >= 15 is 0 Å². The summed E-state index contributed by atoms with van der Waals surface area (Å²) in [6.07, 6.45) is 7.89. The van der Waals surface area contributed by atoms with Crippen LogP contribution in [0.3, 0.4) is 0 Å². The molecule has 1 unspecified atom stereocenters. The third kappa shape index (κ3) is 4.16. The van der Waals surface area contributed by atoms with Crippen LogP contribution in [0.2, 0.25) is 0 Å². The van der Waals surface area contributed by atoms with Gasteiger partial charge < -0.3 is 0 Å². The van der Waals surface area contributed by atoms with Crippen molar-refractivity contribution in [2.45, 2.75) is 12.3 Å². The highest BCUT2D eigenvalue weighted by Crippen LogP contribution is 2.47. The Morgan fingerprint density at radius 1 is 0.429 bits per heavy atom. The lowest BCUT2D eigenvalue weighted by atomic mass is 9.77. The van der Waals surface area contributed by atoms with Crippen molar-refractivity contribution in [1.82, 2.24) is 0 Å². The molecule has 1 atom stereocenters. The molecule has 0 saturated heterocycles. The van der Waals surface area contributed by atoms with Crippen LogP contribution in [-0.4, -0.2) is 0 Å². The van der Waals surface area contributed by atoms with Crippen LogP contribution < -0.4 is 0 Å². The van der Waals surface area contributed by atoms with E-state index in [0.717, 1.165) is 6.42 Å². The van der Waals surface area contributed by atoms with E-state index in [4.69, 9.17) is 0 Å². The molecule has 0 saturated carbocycles. The number of rotatable bonds is 4. The zero-order valence-corrected chi connectivity index (χ0v) is 23.4. The fourth-order valence-electron chi connectivity index (χ4n) is 6.84. The van der Waals surface area contributed by atoms with Crippen LogP contribution in [0.5, 0.6) is 0 Å². The second kappa shape index (κ2) is 10.3. The predicted octanol–water partition coefficient (Wildman–Crippen LogP) is 11.6. The predicted molar refractivity (Wildman–Crippen MR) is 181 cm³/mol. The van der Waals surface area contributed by atoms with Gasteiger partial charge in [0.25, 0.3) is 0 Å². The highest BCUT2D eigenvalue weighted by atomic mass is 14.3. The van der Waals surface area contributed by atoms with Gasteiger partial charge in [-0.3, -0.25) is 0 Å². The van der Waals surface area contributed by atoms with Gasteiger partial charge in [0.05, 0.1) is 0 Å². The van der Waals surface area contributed by atoms with Gasteiger partial charge in [-0.1, -0.05) is 158 Å². The number of hydrogen-bond acceptors (Lipinski definition) is 0. The summed E-state index contributed by atoms with van der Waals surface area (Å²) in [6.45, 7) is 0. The van der Waals surface area contributed by atoms with Gasteiger partial charge in [-0.05, 0) is 83.8 Å². The Hall–Kier alpha value is -5.20. The minimum Gasteiger partial charge on any atom is -0.0836 e. The molecule has 0 heterocycles. The van der Waals surface area contributed by atoms with Crippen LogP contribution >= 0.6 is 0 Å². The Labute approximate surface area is 246 Å². The Kier molecular flexibility index (Phi) is 6.04. The second-order valence-electron chi connectivity index (χ2n) is 11.2. The average Bonchev–Trinajstić information content (AvgIpc) is 3.07. The first-order valence-electron chi connectivity index (χ1n) is 14.8. The third-order valence-corrected chi connectivity index (χ3v) is 8.84. The zero-order valence-electron chi connectivity index (χ0n) is 23.4. The molecule has 0 bridgehead atoms. The molecule has 1 aliphatic carbocycles. The minimum atomic E-state index is 0.329. The molecule has 0 aliphatic heterocycles. The Morgan fingerprint density at radius 3 is 1.67 bits per heavy atom. The SMILES string of the molecule is C1=CCC(c2ccccc2)C(c2c3ccccc3c(-c3ccc(-c4ccc5ccccc5c4)cc3)c3ccccc23)=C1. The van der Waals surface area contributed by atoms with E-state index in [1.54, 1.807) is 0 Å². The van der Waals surface area contributed by atoms with Crippen molar-refractivity contribution in [3.63, 3.8) is 0 Å². The number of allylic oxidation sites excluding steroid dienone is 4. The first kappa shape index (κ1) is 24.6. The molecular weight excluding hydrogens is 504 g/mol. The maximum Gasteiger partial charge on any atom is 0.0130 e. The van der Waals surface area contributed by atoms with E-state index in [2.05, 4.69) is 164 Å². The van der Waals surface area contributed by atoms with Gasteiger partial charge in [0.1, 0.15) is 0 Å². The molecule has 8 rings (SSSR count). The summed E-state index contributed by atoms with van der Waals surface area (Å²) in [7, 11) is 0. The summed E-state index contributed by atoms with van der Waals surface area (Å²) in [5.41, 5.74) is 9.16. The fourth-order valence-corrected chi connectivity index (χ4v) is 6.84. The molecular formula is C42H30. The topological polar surface area (TPSA) is 0 Å². The average molecular weight is 535 g/mol. The van der Waals surface area contributed by atoms with Crippen molar-refractivity contribution in [2.24, 2.45) is 0 Å². The number of benzene rings is 7. The van der Waals surface area contributed by atoms with E-state index in [0.29, 0.717) is 5.92 Å². The van der Waals surface area contributed by atoms with Crippen molar-refractivity contribution in [3.05, 3.63) is 175 Å². The Morgan fingerprint density at radius 2 is 0.976 bits per heavy atom. The monoisotopic (exact) mass is 534 g/mol. The highest BCUT2D eigenvalue weighted by molar-refractivity contribution is 6.19. The van der Waals surface area contributed by atoms with Crippen LogP contribution in [0.4, 0.5) is 0 Å². The van der Waals surface area contributed by atoms with Crippen molar-refractivity contribution in [3.8, 4) is 22.3 Å². The van der Waals surface area contributed by atoms with Crippen molar-refractivity contribution in [2.75, 3.05) is 0 Å². The maximum atomic E-state index is 2.34. The van der Waals surface area contributed by atoms with E-state index < -0.39 is 0 Å². The molecule has 1 aliphatic rings. The molecule has 0 fully saturated rings. The molecule has 0 radical (unpaired) electrons. The minimum absolute atomic E-state index is 0.329. The number of fused-ring (bicyclic) bond motifs is 3. The van der Waals surface area contributed by atoms with Gasteiger partial charge in [0.15, 0.2) is 0 Å². The Bertz CT molecular complexity index is 2090. The summed E-state index contributed by atoms with van der Waals surface area (Å²) >= 11 is 0. The van der Waals surface area contributed by atoms with Crippen LogP contribution in [0.1, 0.15) is 23.5 Å². The smallest absolute Gasteiger partial charge is 0.0130 e. The highest BCUT2D eigenvalue weighted by Gasteiger charge is 2.24. The van der Waals surface area contributed by atoms with Crippen molar-refractivity contribution >= 4 is 37.9 Å². The summed E-state index contributed by atoms with van der Waals surface area (Å²) in [6, 6.07) is 53.4. The lowest BCUT2D eigenvalue weighted by molar-refractivity contribution is 0.876. The lowest BCUT2D eigenvalue weighted by Gasteiger charge is -2.26. The van der Waals surface area contributed by atoms with Gasteiger partial charge in [-0.25, -0.2) is 0 Å². The largest absolute Gasteiger partial charge is 0.0836 e. The van der Waals surface area contributed by atoms with Gasteiger partial charge in [0, 0.05) is 5.92 Å². The lowest BCUT2D eigenvalue weighted by Crippen LogP contribution is -2.05. The van der Waals surface area contributed by atoms with Crippen LogP contribution in [0.25, 0.3) is 60.1 Å². The van der Waals surface area contributed by atoms with Crippen LogP contribution in [0, 0.1) is 0 Å². The second-order valence-corrected chi connectivity index (χ2v) is 11.2. The zero-order chi connectivity index (χ0) is 27.9. The molecule has 42 heavy (non-hydrogen) atoms. The molecule has 0 heteroatoms. The first-order valence-corrected chi connectivity index (χ1v) is 14.8. The van der Waals surface area contributed by atoms with Gasteiger partial charge in [-0.2, -0.15) is 0 Å². The first-order chi connectivity index (χ1) is 20.8. The Balaban J connectivity index is 1.31. The van der Waals surface area contributed by atoms with E-state index in [-0.39, 0.29) is 0 Å². The van der Waals surface area contributed by atoms with Crippen molar-refractivity contribution < 1.29 is 0 Å². The van der Waals surface area contributed by atoms with Crippen LogP contribution in [0.15, 0.2) is 164 Å². The number of hydrogen-bond donors (Lipinski definition) is 0. The molecule has 7 aromatic rings. The summed E-state index contributed by atoms with van der Waals surface area (Å²) in [5, 5.41) is 7.76. The summed E-state index contributed by atoms with van der Waals surface area (Å²) in [4.78, 5) is 0.